The number of hydrogen-bond donors (Lipinski definition) is 0. The number of nitrogens with zero attached hydrogens (tertiary/aromatic N) is 1. The van der Waals surface area contributed by atoms with Gasteiger partial charge in [0.05, 0.1) is 22.7 Å². The quantitative estimate of drug-likeness (QED) is 0.578. The molecule has 28 heavy (non-hydrogen) atoms. The Hall–Kier alpha value is -2.22. The number of morpholine rings is 1. The summed E-state index contributed by atoms with van der Waals surface area (Å²) in [6.45, 7) is 7.97. The topological polar surface area (TPSA) is 72.9 Å². The summed E-state index contributed by atoms with van der Waals surface area (Å²) in [5.74, 6) is -0.0882. The molecule has 7 heteroatoms. The number of esters is 1. The number of ether oxygens (including phenoxy) is 2. The molecular weight excluding hydrogens is 378 g/mol. The second kappa shape index (κ2) is 8.03. The summed E-state index contributed by atoms with van der Waals surface area (Å²) in [7, 11) is -3.73. The van der Waals surface area contributed by atoms with Crippen molar-refractivity contribution in [3.05, 3.63) is 59.2 Å². The molecule has 2 aromatic carbocycles. The van der Waals surface area contributed by atoms with Crippen LogP contribution in [0.2, 0.25) is 0 Å². The third-order valence-corrected chi connectivity index (χ3v) is 6.52. The molecule has 1 fully saturated rings. The van der Waals surface area contributed by atoms with E-state index in [2.05, 4.69) is 0 Å². The molecule has 6 nitrogen and oxygen atoms in total. The molecule has 2 atom stereocenters. The van der Waals surface area contributed by atoms with Gasteiger partial charge in [0.1, 0.15) is 5.75 Å². The summed E-state index contributed by atoms with van der Waals surface area (Å²) < 4.78 is 38.6. The van der Waals surface area contributed by atoms with Gasteiger partial charge in [-0.3, -0.25) is 0 Å². The Labute approximate surface area is 166 Å². The molecule has 0 bridgehead atoms. The average molecular weight is 404 g/mol. The van der Waals surface area contributed by atoms with Gasteiger partial charge in [-0.05, 0) is 57.0 Å². The van der Waals surface area contributed by atoms with Gasteiger partial charge in [-0.2, -0.15) is 4.31 Å². The van der Waals surface area contributed by atoms with Gasteiger partial charge in [0, 0.05) is 13.1 Å². The third-order valence-electron chi connectivity index (χ3n) is 4.70. The van der Waals surface area contributed by atoms with Crippen LogP contribution < -0.4 is 4.74 Å². The lowest BCUT2D eigenvalue weighted by atomic mass is 10.1. The van der Waals surface area contributed by atoms with Gasteiger partial charge in [0.15, 0.2) is 0 Å². The molecule has 0 N–H and O–H groups in total. The number of hydrogen-bond acceptors (Lipinski definition) is 5. The first-order chi connectivity index (χ1) is 13.2. The number of carbonyl (C=O) groups is 1. The summed E-state index contributed by atoms with van der Waals surface area (Å²) in [5.41, 5.74) is 1.87. The molecule has 0 radical (unpaired) electrons. The Morgan fingerprint density at radius 3 is 2.21 bits per heavy atom. The first-order valence-corrected chi connectivity index (χ1v) is 10.7. The van der Waals surface area contributed by atoms with E-state index in [0.717, 1.165) is 11.1 Å². The van der Waals surface area contributed by atoms with Gasteiger partial charge in [-0.25, -0.2) is 13.2 Å². The van der Waals surface area contributed by atoms with E-state index in [1.807, 2.05) is 45.9 Å². The summed E-state index contributed by atoms with van der Waals surface area (Å²) in [5, 5.41) is 0. The lowest BCUT2D eigenvalue weighted by molar-refractivity contribution is -0.0440. The van der Waals surface area contributed by atoms with E-state index in [1.165, 1.54) is 16.4 Å². The summed E-state index contributed by atoms with van der Waals surface area (Å²) in [6, 6.07) is 11.6. The summed E-state index contributed by atoms with van der Waals surface area (Å²) >= 11 is 0. The van der Waals surface area contributed by atoms with Gasteiger partial charge in [0.2, 0.25) is 10.0 Å². The number of sulfonamides is 1. The number of carbonyl (C=O) groups excluding carboxylic acids is 1. The van der Waals surface area contributed by atoms with Crippen LogP contribution in [0.15, 0.2) is 47.4 Å². The Morgan fingerprint density at radius 1 is 1.04 bits per heavy atom. The molecule has 1 saturated heterocycles. The van der Waals surface area contributed by atoms with E-state index in [1.54, 1.807) is 12.1 Å². The maximum atomic E-state index is 13.0. The van der Waals surface area contributed by atoms with Crippen molar-refractivity contribution in [3.63, 3.8) is 0 Å². The normalized spacial score (nSPS) is 20.7. The number of benzene rings is 2. The van der Waals surface area contributed by atoms with E-state index in [-0.39, 0.29) is 35.8 Å². The highest BCUT2D eigenvalue weighted by molar-refractivity contribution is 7.89. The fourth-order valence-electron chi connectivity index (χ4n) is 3.37. The fraction of sp³-hybridized carbons (Fsp3) is 0.381. The van der Waals surface area contributed by atoms with E-state index >= 15 is 0 Å². The molecule has 1 aliphatic rings. The first-order valence-electron chi connectivity index (χ1n) is 9.22. The van der Waals surface area contributed by atoms with Crippen LogP contribution in [-0.2, 0) is 14.8 Å². The maximum absolute atomic E-state index is 13.0. The molecule has 0 aliphatic carbocycles. The molecule has 1 heterocycles. The van der Waals surface area contributed by atoms with Crippen molar-refractivity contribution in [3.8, 4) is 5.75 Å². The monoisotopic (exact) mass is 403 g/mol. The maximum Gasteiger partial charge on any atom is 0.343 e. The van der Waals surface area contributed by atoms with Crippen LogP contribution in [0.5, 0.6) is 5.75 Å². The summed E-state index contributed by atoms with van der Waals surface area (Å²) in [4.78, 5) is 12.7. The minimum atomic E-state index is -3.73. The van der Waals surface area contributed by atoms with Gasteiger partial charge in [0.25, 0.3) is 0 Å². The van der Waals surface area contributed by atoms with E-state index < -0.39 is 16.0 Å². The Balaban J connectivity index is 1.86. The van der Waals surface area contributed by atoms with Crippen LogP contribution >= 0.6 is 0 Å². The van der Waals surface area contributed by atoms with Crippen LogP contribution in [0.1, 0.15) is 35.3 Å². The van der Waals surface area contributed by atoms with Gasteiger partial charge < -0.3 is 9.47 Å². The predicted molar refractivity (Wildman–Crippen MR) is 106 cm³/mol. The van der Waals surface area contributed by atoms with Crippen molar-refractivity contribution >= 4 is 16.0 Å². The zero-order chi connectivity index (χ0) is 20.5. The van der Waals surface area contributed by atoms with Gasteiger partial charge in [-0.15, -0.1) is 0 Å². The highest BCUT2D eigenvalue weighted by atomic mass is 32.2. The lowest BCUT2D eigenvalue weighted by Gasteiger charge is -2.34. The van der Waals surface area contributed by atoms with Gasteiger partial charge in [-0.1, -0.05) is 24.3 Å². The largest absolute Gasteiger partial charge is 0.422 e. The molecule has 2 aromatic rings. The molecule has 150 valence electrons. The second-order valence-electron chi connectivity index (χ2n) is 7.22. The molecule has 0 aromatic heterocycles. The van der Waals surface area contributed by atoms with E-state index in [4.69, 9.17) is 9.47 Å². The minimum absolute atomic E-state index is 0.0738. The molecular formula is C21H25NO5S. The van der Waals surface area contributed by atoms with Crippen molar-refractivity contribution in [2.75, 3.05) is 13.1 Å². The minimum Gasteiger partial charge on any atom is -0.422 e. The Kier molecular flexibility index (Phi) is 5.88. The van der Waals surface area contributed by atoms with Crippen LogP contribution in [0.3, 0.4) is 0 Å². The number of rotatable bonds is 4. The van der Waals surface area contributed by atoms with Gasteiger partial charge >= 0.3 is 5.97 Å². The molecule has 0 saturated carbocycles. The molecule has 0 spiro atoms. The van der Waals surface area contributed by atoms with E-state index in [0.29, 0.717) is 5.75 Å². The van der Waals surface area contributed by atoms with E-state index in [9.17, 15) is 13.2 Å². The highest BCUT2D eigenvalue weighted by Crippen LogP contribution is 2.25. The standard InChI is InChI=1S/C21H25NO5S/c1-14-7-5-8-15(2)20(14)27-21(23)18-9-6-10-19(11-18)28(24,25)22-12-16(3)26-17(4)13-22/h5-11,16-17H,12-13H2,1-4H3/t16-,17-/m1/s1. The predicted octanol–water partition coefficient (Wildman–Crippen LogP) is 3.32. The van der Waals surface area contributed by atoms with Crippen molar-refractivity contribution in [2.24, 2.45) is 0 Å². The number of para-hydroxylation sites is 1. The highest BCUT2D eigenvalue weighted by Gasteiger charge is 2.32. The number of aryl methyl sites for hydroxylation is 2. The van der Waals surface area contributed by atoms with Crippen LogP contribution in [0, 0.1) is 13.8 Å². The van der Waals surface area contributed by atoms with Crippen molar-refractivity contribution in [2.45, 2.75) is 44.8 Å². The molecule has 3 rings (SSSR count). The van der Waals surface area contributed by atoms with Crippen molar-refractivity contribution in [1.29, 1.82) is 0 Å². The molecule has 0 amide bonds. The zero-order valence-electron chi connectivity index (χ0n) is 16.5. The molecule has 1 aliphatic heterocycles. The zero-order valence-corrected chi connectivity index (χ0v) is 17.3. The average Bonchev–Trinajstić information content (AvgIpc) is 2.64. The van der Waals surface area contributed by atoms with Crippen molar-refractivity contribution in [1.82, 2.24) is 4.31 Å². The van der Waals surface area contributed by atoms with Crippen LogP contribution in [-0.4, -0.2) is 44.0 Å². The van der Waals surface area contributed by atoms with Crippen LogP contribution in [0.25, 0.3) is 0 Å². The second-order valence-corrected chi connectivity index (χ2v) is 9.16. The third kappa shape index (κ3) is 4.27. The SMILES string of the molecule is Cc1cccc(C)c1OC(=O)c1cccc(S(=O)(=O)N2C[C@@H](C)O[C@H](C)C2)c1. The fourth-order valence-corrected chi connectivity index (χ4v) is 5.01. The Bertz CT molecular complexity index is 956. The summed E-state index contributed by atoms with van der Waals surface area (Å²) in [6.07, 6.45) is -0.369. The smallest absolute Gasteiger partial charge is 0.343 e. The van der Waals surface area contributed by atoms with Crippen molar-refractivity contribution < 1.29 is 22.7 Å². The molecule has 0 unspecified atom stereocenters. The first kappa shape index (κ1) is 20.5. The van der Waals surface area contributed by atoms with Crippen LogP contribution in [0.4, 0.5) is 0 Å². The lowest BCUT2D eigenvalue weighted by Crippen LogP contribution is -2.48. The Morgan fingerprint density at radius 2 is 1.61 bits per heavy atom.